The lowest BCUT2D eigenvalue weighted by molar-refractivity contribution is -0.226. The summed E-state index contributed by atoms with van der Waals surface area (Å²) in [6.07, 6.45) is 7.07. The molecule has 2 heterocycles. The van der Waals surface area contributed by atoms with Gasteiger partial charge in [-0.05, 0) is 123 Å². The second-order valence-electron chi connectivity index (χ2n) is 17.3. The van der Waals surface area contributed by atoms with Crippen LogP contribution in [0.25, 0.3) is 11.8 Å². The first-order valence-corrected chi connectivity index (χ1v) is 20.0. The number of carbonyl (C=O) groups is 1. The fourth-order valence-corrected chi connectivity index (χ4v) is 11.1. The van der Waals surface area contributed by atoms with Gasteiger partial charge in [0, 0.05) is 5.41 Å². The van der Waals surface area contributed by atoms with E-state index in [0.717, 1.165) is 42.6 Å². The number of rotatable bonds is 5. The number of aliphatic hydroxyl groups is 1. The van der Waals surface area contributed by atoms with Crippen LogP contribution in [-0.2, 0) is 25.1 Å². The number of benzene rings is 1. The Morgan fingerprint density at radius 2 is 1.87 bits per heavy atom. The molecule has 9 heteroatoms. The Morgan fingerprint density at radius 1 is 1.17 bits per heavy atom. The molecule has 2 aromatic rings. The largest absolute Gasteiger partial charge is 0.409 e. The van der Waals surface area contributed by atoms with Crippen LogP contribution in [0.1, 0.15) is 85.4 Å². The van der Waals surface area contributed by atoms with E-state index in [9.17, 15) is 14.3 Å². The van der Waals surface area contributed by atoms with E-state index < -0.39 is 31.2 Å². The molecule has 5 aliphatic rings. The molecule has 46 heavy (non-hydrogen) atoms. The van der Waals surface area contributed by atoms with Gasteiger partial charge in [0.2, 0.25) is 0 Å². The van der Waals surface area contributed by atoms with Crippen molar-refractivity contribution in [2.75, 3.05) is 6.61 Å². The van der Waals surface area contributed by atoms with Crippen LogP contribution >= 0.6 is 0 Å². The summed E-state index contributed by atoms with van der Waals surface area (Å²) in [4.78, 5) is 14.6. The van der Waals surface area contributed by atoms with Gasteiger partial charge in [-0.3, -0.25) is 4.79 Å². The summed E-state index contributed by atoms with van der Waals surface area (Å²) in [5, 5.41) is 17.0. The number of aromatic nitrogens is 2. The molecule has 0 radical (unpaired) electrons. The Hall–Kier alpha value is -2.17. The summed E-state index contributed by atoms with van der Waals surface area (Å²) in [5.41, 5.74) is 2.36. The summed E-state index contributed by atoms with van der Waals surface area (Å²) in [6, 6.07) is 6.45. The SMILES string of the molecule is CC1(C)O[C@@H]2C[C@H]3[C@@H]4CCC5=Cc6c(cnn6-c6ccc(F)cc6)C[C@]5(C)C4[C@@H](O)C[C@]3(C)[C@]2(C(=O)CO[Si](C)(C)C(C)(C)C)O1. The number of allylic oxidation sites excluding steroid dienone is 1. The first kappa shape index (κ1) is 32.4. The van der Waals surface area contributed by atoms with Crippen molar-refractivity contribution < 1.29 is 28.2 Å². The third kappa shape index (κ3) is 4.47. The zero-order valence-electron chi connectivity index (χ0n) is 28.9. The summed E-state index contributed by atoms with van der Waals surface area (Å²) < 4.78 is 35.5. The van der Waals surface area contributed by atoms with Gasteiger partial charge < -0.3 is 19.0 Å². The molecule has 0 bridgehead atoms. The quantitative estimate of drug-likeness (QED) is 0.343. The Morgan fingerprint density at radius 3 is 2.54 bits per heavy atom. The van der Waals surface area contributed by atoms with Crippen LogP contribution < -0.4 is 0 Å². The van der Waals surface area contributed by atoms with Gasteiger partial charge in [0.1, 0.15) is 5.82 Å². The van der Waals surface area contributed by atoms with E-state index in [0.29, 0.717) is 6.42 Å². The van der Waals surface area contributed by atoms with Crippen LogP contribution in [0.5, 0.6) is 0 Å². The molecule has 250 valence electrons. The standard InChI is InChI=1S/C37H51FN2O5Si/c1-33(2,3)46(8,9)43-21-30(42)37-31(44-34(4,5)45-37)17-27-26-15-10-23-16-28-22(20-39-40(28)25-13-11-24(38)12-14-25)18-35(23,6)32(26)29(41)19-36(27,37)7/h11-14,16,20,26-27,29,31-32,41H,10,15,17-19,21H2,1-9H3/t26-,27-,29-,31+,32?,35-,36-,37+/m0/s1. The first-order chi connectivity index (χ1) is 21.3. The summed E-state index contributed by atoms with van der Waals surface area (Å²) >= 11 is 0. The van der Waals surface area contributed by atoms with Crippen LogP contribution in [0.4, 0.5) is 4.39 Å². The lowest BCUT2D eigenvalue weighted by Gasteiger charge is -2.60. The lowest BCUT2D eigenvalue weighted by atomic mass is 9.45. The predicted octanol–water partition coefficient (Wildman–Crippen LogP) is 7.26. The average Bonchev–Trinajstić information content (AvgIpc) is 3.55. The lowest BCUT2D eigenvalue weighted by Crippen LogP contribution is -2.64. The number of fused-ring (bicyclic) bond motifs is 8. The van der Waals surface area contributed by atoms with Crippen molar-refractivity contribution in [1.82, 2.24) is 9.78 Å². The van der Waals surface area contributed by atoms with Crippen molar-refractivity contribution in [1.29, 1.82) is 0 Å². The molecular weight excluding hydrogens is 600 g/mol. The van der Waals surface area contributed by atoms with Crippen molar-refractivity contribution in [3.05, 3.63) is 53.1 Å². The van der Waals surface area contributed by atoms with Crippen LogP contribution in [0.15, 0.2) is 36.0 Å². The zero-order valence-corrected chi connectivity index (χ0v) is 29.9. The molecule has 3 saturated carbocycles. The van der Waals surface area contributed by atoms with Crippen molar-refractivity contribution in [2.24, 2.45) is 28.6 Å². The third-order valence-corrected chi connectivity index (χ3v) is 17.8. The molecule has 1 aromatic carbocycles. The van der Waals surface area contributed by atoms with Gasteiger partial charge in [-0.25, -0.2) is 9.07 Å². The number of aliphatic hydroxyl groups excluding tert-OH is 1. The number of ether oxygens (including phenoxy) is 2. The van der Waals surface area contributed by atoms with E-state index >= 15 is 0 Å². The van der Waals surface area contributed by atoms with E-state index in [1.165, 1.54) is 17.7 Å². The summed E-state index contributed by atoms with van der Waals surface area (Å²) in [6.45, 7) is 19.2. The number of carbonyl (C=O) groups excluding carboxylic acids is 1. The van der Waals surface area contributed by atoms with E-state index in [4.69, 9.17) is 19.0 Å². The molecule has 7 nitrogen and oxygen atoms in total. The maximum Gasteiger partial charge on any atom is 0.192 e. The minimum atomic E-state index is -2.19. The van der Waals surface area contributed by atoms with E-state index in [1.54, 1.807) is 12.1 Å². The highest BCUT2D eigenvalue weighted by atomic mass is 28.4. The summed E-state index contributed by atoms with van der Waals surface area (Å²) in [7, 11) is -2.19. The molecule has 8 atom stereocenters. The molecular formula is C37H51FN2O5Si. The van der Waals surface area contributed by atoms with Crippen LogP contribution in [0, 0.1) is 34.4 Å². The van der Waals surface area contributed by atoms with Gasteiger partial charge >= 0.3 is 0 Å². The van der Waals surface area contributed by atoms with Crippen LogP contribution in [-0.4, -0.2) is 59.2 Å². The first-order valence-electron chi connectivity index (χ1n) is 17.1. The molecule has 1 aromatic heterocycles. The van der Waals surface area contributed by atoms with Crippen molar-refractivity contribution in [2.45, 2.75) is 122 Å². The number of halogens is 1. The number of hydrogen-bond donors (Lipinski definition) is 1. The van der Waals surface area contributed by atoms with Crippen molar-refractivity contribution in [3.63, 3.8) is 0 Å². The second-order valence-corrected chi connectivity index (χ2v) is 22.1. The molecule has 0 spiro atoms. The van der Waals surface area contributed by atoms with Crippen LogP contribution in [0.3, 0.4) is 0 Å². The monoisotopic (exact) mass is 650 g/mol. The highest BCUT2D eigenvalue weighted by Crippen LogP contribution is 2.70. The maximum atomic E-state index is 14.6. The predicted molar refractivity (Wildman–Crippen MR) is 177 cm³/mol. The average molecular weight is 651 g/mol. The smallest absolute Gasteiger partial charge is 0.192 e. The number of hydrogen-bond acceptors (Lipinski definition) is 6. The molecule has 7 rings (SSSR count). The Balaban J connectivity index is 1.21. The third-order valence-electron chi connectivity index (χ3n) is 13.3. The van der Waals surface area contributed by atoms with Gasteiger partial charge in [0.25, 0.3) is 0 Å². The van der Waals surface area contributed by atoms with Crippen molar-refractivity contribution in [3.8, 4) is 5.69 Å². The second kappa shape index (κ2) is 10.2. The highest BCUT2D eigenvalue weighted by molar-refractivity contribution is 6.74. The van der Waals surface area contributed by atoms with E-state index in [1.807, 2.05) is 24.7 Å². The van der Waals surface area contributed by atoms with Gasteiger partial charge in [-0.2, -0.15) is 5.10 Å². The van der Waals surface area contributed by atoms with E-state index in [-0.39, 0.29) is 52.5 Å². The minimum absolute atomic E-state index is 0.00432. The summed E-state index contributed by atoms with van der Waals surface area (Å²) in [5.74, 6) is -0.783. The van der Waals surface area contributed by atoms with Gasteiger partial charge in [0.05, 0.1) is 36.4 Å². The molecule has 1 unspecified atom stereocenters. The zero-order chi connectivity index (χ0) is 33.2. The molecule has 1 saturated heterocycles. The Labute approximate surface area is 274 Å². The number of nitrogens with zero attached hydrogens (tertiary/aromatic N) is 2. The molecule has 4 aliphatic carbocycles. The highest BCUT2D eigenvalue weighted by Gasteiger charge is 2.77. The molecule has 4 fully saturated rings. The normalized spacial score (nSPS) is 37.9. The van der Waals surface area contributed by atoms with E-state index in [2.05, 4.69) is 53.8 Å². The Kier molecular flexibility index (Phi) is 7.16. The number of Topliss-reactive ketones (excluding diaryl/α,β-unsaturated/α-hetero) is 1. The molecule has 1 aliphatic heterocycles. The fraction of sp³-hybridized carbons (Fsp3) is 0.676. The molecule has 0 amide bonds. The van der Waals surface area contributed by atoms with Gasteiger partial charge in [-0.15, -0.1) is 0 Å². The Bertz CT molecular complexity index is 1590. The van der Waals surface area contributed by atoms with Crippen LogP contribution in [0.2, 0.25) is 18.1 Å². The minimum Gasteiger partial charge on any atom is -0.409 e. The van der Waals surface area contributed by atoms with Gasteiger partial charge in [-0.1, -0.05) is 40.2 Å². The van der Waals surface area contributed by atoms with Crippen molar-refractivity contribution >= 4 is 20.2 Å². The topological polar surface area (TPSA) is 82.8 Å². The fourth-order valence-electron chi connectivity index (χ4n) is 10.1. The maximum absolute atomic E-state index is 14.6. The number of ketones is 1. The van der Waals surface area contributed by atoms with Gasteiger partial charge in [0.15, 0.2) is 25.5 Å². The molecule has 1 N–H and O–H groups in total.